The van der Waals surface area contributed by atoms with Gasteiger partial charge in [-0.15, -0.1) is 0 Å². The van der Waals surface area contributed by atoms with Gasteiger partial charge in [-0.05, 0) is 36.8 Å². The van der Waals surface area contributed by atoms with E-state index in [4.69, 9.17) is 9.47 Å². The molecule has 0 unspecified atom stereocenters. The second-order valence-electron chi connectivity index (χ2n) is 5.15. The Morgan fingerprint density at radius 2 is 1.79 bits per heavy atom. The van der Waals surface area contributed by atoms with E-state index in [-0.39, 0.29) is 30.9 Å². The van der Waals surface area contributed by atoms with Gasteiger partial charge >= 0.3 is 0 Å². The van der Waals surface area contributed by atoms with Crippen molar-refractivity contribution in [1.29, 1.82) is 0 Å². The van der Waals surface area contributed by atoms with Gasteiger partial charge in [0.25, 0.3) is 0 Å². The summed E-state index contributed by atoms with van der Waals surface area (Å²) in [7, 11) is 3.05. The molecule has 1 amide bonds. The summed E-state index contributed by atoms with van der Waals surface area (Å²) in [6, 6.07) is 8.87. The molecule has 0 saturated heterocycles. The van der Waals surface area contributed by atoms with Crippen LogP contribution in [0.2, 0.25) is 0 Å². The van der Waals surface area contributed by atoms with Crippen LogP contribution in [0.15, 0.2) is 36.4 Å². The Bertz CT molecular complexity index is 699. The predicted octanol–water partition coefficient (Wildman–Crippen LogP) is 2.88. The molecule has 0 aliphatic heterocycles. The zero-order valence-electron chi connectivity index (χ0n) is 13.6. The van der Waals surface area contributed by atoms with Gasteiger partial charge in [0.2, 0.25) is 5.91 Å². The molecule has 0 aliphatic carbocycles. The highest BCUT2D eigenvalue weighted by atomic mass is 19.1. The fourth-order valence-corrected chi connectivity index (χ4v) is 2.35. The van der Waals surface area contributed by atoms with Gasteiger partial charge < -0.3 is 14.8 Å². The van der Waals surface area contributed by atoms with Crippen molar-refractivity contribution in [3.63, 3.8) is 0 Å². The molecular formula is C18H19F2NO3. The van der Waals surface area contributed by atoms with Crippen LogP contribution >= 0.6 is 0 Å². The van der Waals surface area contributed by atoms with Crippen molar-refractivity contribution in [3.05, 3.63) is 59.2 Å². The normalized spacial score (nSPS) is 10.3. The number of amides is 1. The third kappa shape index (κ3) is 4.44. The molecule has 2 aromatic carbocycles. The average molecular weight is 335 g/mol. The van der Waals surface area contributed by atoms with Crippen LogP contribution in [0.4, 0.5) is 8.78 Å². The smallest absolute Gasteiger partial charge is 0.224 e. The van der Waals surface area contributed by atoms with E-state index in [2.05, 4.69) is 5.32 Å². The SMILES string of the molecule is COc1ccc(OC)c(CC(=O)NCCc2c(F)cccc2F)c1. The monoisotopic (exact) mass is 335 g/mol. The lowest BCUT2D eigenvalue weighted by Gasteiger charge is -2.11. The van der Waals surface area contributed by atoms with E-state index >= 15 is 0 Å². The van der Waals surface area contributed by atoms with Crippen molar-refractivity contribution < 1.29 is 23.0 Å². The van der Waals surface area contributed by atoms with Gasteiger partial charge in [-0.1, -0.05) is 6.07 Å². The first-order valence-electron chi connectivity index (χ1n) is 7.45. The molecule has 0 saturated carbocycles. The van der Waals surface area contributed by atoms with Crippen molar-refractivity contribution in [2.75, 3.05) is 20.8 Å². The van der Waals surface area contributed by atoms with Crippen LogP contribution < -0.4 is 14.8 Å². The first-order chi connectivity index (χ1) is 11.5. The van der Waals surface area contributed by atoms with Crippen molar-refractivity contribution in [2.45, 2.75) is 12.8 Å². The molecule has 0 spiro atoms. The van der Waals surface area contributed by atoms with E-state index in [0.29, 0.717) is 17.1 Å². The molecule has 2 rings (SSSR count). The third-order valence-electron chi connectivity index (χ3n) is 3.60. The topological polar surface area (TPSA) is 47.6 Å². The Labute approximate surface area is 139 Å². The maximum absolute atomic E-state index is 13.5. The van der Waals surface area contributed by atoms with E-state index in [0.717, 1.165) is 0 Å². The molecule has 0 heterocycles. The van der Waals surface area contributed by atoms with E-state index < -0.39 is 11.6 Å². The first-order valence-corrected chi connectivity index (χ1v) is 7.45. The Balaban J connectivity index is 1.94. The fourth-order valence-electron chi connectivity index (χ4n) is 2.35. The van der Waals surface area contributed by atoms with Crippen molar-refractivity contribution >= 4 is 5.91 Å². The van der Waals surface area contributed by atoms with Gasteiger partial charge in [0.15, 0.2) is 0 Å². The van der Waals surface area contributed by atoms with E-state index in [1.807, 2.05) is 0 Å². The minimum absolute atomic E-state index is 0.0308. The van der Waals surface area contributed by atoms with Gasteiger partial charge in [-0.2, -0.15) is 0 Å². The van der Waals surface area contributed by atoms with E-state index in [1.165, 1.54) is 32.4 Å². The van der Waals surface area contributed by atoms with Gasteiger partial charge in [-0.25, -0.2) is 8.78 Å². The number of nitrogens with one attached hydrogen (secondary N) is 1. The quantitative estimate of drug-likeness (QED) is 0.846. The maximum Gasteiger partial charge on any atom is 0.224 e. The highest BCUT2D eigenvalue weighted by molar-refractivity contribution is 5.79. The number of hydrogen-bond donors (Lipinski definition) is 1. The van der Waals surface area contributed by atoms with Gasteiger partial charge in [0.1, 0.15) is 23.1 Å². The third-order valence-corrected chi connectivity index (χ3v) is 3.60. The van der Waals surface area contributed by atoms with Crippen LogP contribution in [-0.2, 0) is 17.6 Å². The van der Waals surface area contributed by atoms with Crippen molar-refractivity contribution in [3.8, 4) is 11.5 Å². The Morgan fingerprint density at radius 3 is 2.42 bits per heavy atom. The number of benzene rings is 2. The Morgan fingerprint density at radius 1 is 1.08 bits per heavy atom. The van der Waals surface area contributed by atoms with Crippen LogP contribution in [0.5, 0.6) is 11.5 Å². The summed E-state index contributed by atoms with van der Waals surface area (Å²) in [6.07, 6.45) is 0.166. The number of halogens is 2. The average Bonchev–Trinajstić information content (AvgIpc) is 2.57. The number of hydrogen-bond acceptors (Lipinski definition) is 3. The van der Waals surface area contributed by atoms with Crippen LogP contribution in [0.3, 0.4) is 0 Å². The molecule has 0 aromatic heterocycles. The molecule has 0 fully saturated rings. The molecule has 4 nitrogen and oxygen atoms in total. The fraction of sp³-hybridized carbons (Fsp3) is 0.278. The largest absolute Gasteiger partial charge is 0.497 e. The predicted molar refractivity (Wildman–Crippen MR) is 86.3 cm³/mol. The Hall–Kier alpha value is -2.63. The lowest BCUT2D eigenvalue weighted by Crippen LogP contribution is -2.27. The first kappa shape index (κ1) is 17.7. The Kier molecular flexibility index (Phi) is 6.12. The molecule has 0 bridgehead atoms. The summed E-state index contributed by atoms with van der Waals surface area (Å²) in [6.45, 7) is 0.142. The van der Waals surface area contributed by atoms with Crippen LogP contribution in [0, 0.1) is 11.6 Å². The maximum atomic E-state index is 13.5. The number of methoxy groups -OCH3 is 2. The van der Waals surface area contributed by atoms with Gasteiger partial charge in [0.05, 0.1) is 20.6 Å². The standard InChI is InChI=1S/C18H19F2NO3/c1-23-13-6-7-17(24-2)12(10-13)11-18(22)21-9-8-14-15(19)4-3-5-16(14)20/h3-7,10H,8-9,11H2,1-2H3,(H,21,22). The second-order valence-corrected chi connectivity index (χ2v) is 5.15. The number of rotatable bonds is 7. The lowest BCUT2D eigenvalue weighted by molar-refractivity contribution is -0.120. The molecular weight excluding hydrogens is 316 g/mol. The van der Waals surface area contributed by atoms with Crippen LogP contribution in [0.1, 0.15) is 11.1 Å². The van der Waals surface area contributed by atoms with Crippen molar-refractivity contribution in [1.82, 2.24) is 5.32 Å². The van der Waals surface area contributed by atoms with Gasteiger partial charge in [-0.3, -0.25) is 4.79 Å². The molecule has 2 aromatic rings. The zero-order chi connectivity index (χ0) is 17.5. The van der Waals surface area contributed by atoms with Gasteiger partial charge in [0, 0.05) is 17.7 Å². The summed E-state index contributed by atoms with van der Waals surface area (Å²) in [4.78, 5) is 12.0. The molecule has 0 radical (unpaired) electrons. The number of carbonyl (C=O) groups excluding carboxylic acids is 1. The highest BCUT2D eigenvalue weighted by Crippen LogP contribution is 2.24. The van der Waals surface area contributed by atoms with Crippen LogP contribution in [-0.4, -0.2) is 26.7 Å². The van der Waals surface area contributed by atoms with E-state index in [1.54, 1.807) is 18.2 Å². The molecule has 128 valence electrons. The summed E-state index contributed by atoms with van der Waals surface area (Å²) < 4.78 is 37.4. The summed E-state index contributed by atoms with van der Waals surface area (Å²) >= 11 is 0. The molecule has 1 N–H and O–H groups in total. The molecule has 0 aliphatic rings. The minimum Gasteiger partial charge on any atom is -0.497 e. The number of carbonyl (C=O) groups is 1. The summed E-state index contributed by atoms with van der Waals surface area (Å²) in [5.74, 6) is -0.297. The summed E-state index contributed by atoms with van der Waals surface area (Å²) in [5.41, 5.74) is 0.642. The van der Waals surface area contributed by atoms with Crippen molar-refractivity contribution in [2.24, 2.45) is 0 Å². The molecule has 6 heteroatoms. The minimum atomic E-state index is -0.612. The zero-order valence-corrected chi connectivity index (χ0v) is 13.6. The number of ether oxygens (including phenoxy) is 2. The highest BCUT2D eigenvalue weighted by Gasteiger charge is 2.12. The molecule has 0 atom stereocenters. The van der Waals surface area contributed by atoms with Crippen LogP contribution in [0.25, 0.3) is 0 Å². The summed E-state index contributed by atoms with van der Waals surface area (Å²) in [5, 5.41) is 2.65. The lowest BCUT2D eigenvalue weighted by atomic mass is 10.1. The second kappa shape index (κ2) is 8.29. The van der Waals surface area contributed by atoms with E-state index in [9.17, 15) is 13.6 Å². The molecule has 24 heavy (non-hydrogen) atoms.